The van der Waals surface area contributed by atoms with Crippen LogP contribution < -0.4 is 10.0 Å². The first-order chi connectivity index (χ1) is 9.50. The van der Waals surface area contributed by atoms with Gasteiger partial charge in [-0.2, -0.15) is 9.71 Å². The standard InChI is InChI=1S/C12H16N4O2S2/c1-16-8-7-13-9-12(16,14-10-19)15-20(17,18)11-5-3-2-4-6-11/h2-6,13,15H,7-9H2,1H3. The van der Waals surface area contributed by atoms with Crippen LogP contribution in [0.2, 0.25) is 0 Å². The van der Waals surface area contributed by atoms with Crippen LogP contribution in [0.25, 0.3) is 0 Å². The van der Waals surface area contributed by atoms with Crippen LogP contribution in [-0.4, -0.2) is 50.9 Å². The van der Waals surface area contributed by atoms with Crippen LogP contribution in [0.1, 0.15) is 0 Å². The highest BCUT2D eigenvalue weighted by Gasteiger charge is 2.40. The van der Waals surface area contributed by atoms with Crippen molar-refractivity contribution in [2.24, 2.45) is 4.99 Å². The van der Waals surface area contributed by atoms with E-state index in [1.165, 1.54) is 12.1 Å². The molecule has 1 unspecified atom stereocenters. The number of nitrogens with zero attached hydrogens (tertiary/aromatic N) is 2. The van der Waals surface area contributed by atoms with Crippen molar-refractivity contribution >= 4 is 27.4 Å². The highest BCUT2D eigenvalue weighted by atomic mass is 32.2. The lowest BCUT2D eigenvalue weighted by Crippen LogP contribution is -2.67. The maximum atomic E-state index is 12.4. The topological polar surface area (TPSA) is 73.8 Å². The average molecular weight is 312 g/mol. The van der Waals surface area contributed by atoms with Crippen molar-refractivity contribution in [3.63, 3.8) is 0 Å². The summed E-state index contributed by atoms with van der Waals surface area (Å²) in [6.07, 6.45) is 0. The monoisotopic (exact) mass is 312 g/mol. The van der Waals surface area contributed by atoms with Gasteiger partial charge in [-0.25, -0.2) is 8.42 Å². The maximum absolute atomic E-state index is 12.4. The number of isothiocyanates is 1. The highest BCUT2D eigenvalue weighted by Crippen LogP contribution is 2.18. The molecule has 1 aromatic carbocycles. The molecule has 1 atom stereocenters. The Morgan fingerprint density at radius 2 is 2.15 bits per heavy atom. The molecule has 0 aromatic heterocycles. The van der Waals surface area contributed by atoms with Crippen LogP contribution in [0.5, 0.6) is 0 Å². The van der Waals surface area contributed by atoms with Gasteiger partial charge in [0, 0.05) is 13.1 Å². The molecule has 1 aliphatic heterocycles. The molecule has 0 bridgehead atoms. The van der Waals surface area contributed by atoms with Gasteiger partial charge in [-0.05, 0) is 31.4 Å². The average Bonchev–Trinajstić information content (AvgIpc) is 2.43. The molecule has 1 aliphatic rings. The third-order valence-electron chi connectivity index (χ3n) is 3.21. The summed E-state index contributed by atoms with van der Waals surface area (Å²) in [5, 5.41) is 5.40. The molecule has 1 heterocycles. The summed E-state index contributed by atoms with van der Waals surface area (Å²) in [5.74, 6) is -1.13. The Balaban J connectivity index is 2.36. The fourth-order valence-corrected chi connectivity index (χ4v) is 3.53. The predicted octanol–water partition coefficient (Wildman–Crippen LogP) is 0.257. The molecular formula is C12H16N4O2S2. The number of likely N-dealkylation sites (N-methyl/N-ethyl adjacent to an activating group) is 1. The number of sulfonamides is 1. The van der Waals surface area contributed by atoms with Gasteiger partial charge < -0.3 is 5.32 Å². The summed E-state index contributed by atoms with van der Waals surface area (Å²) < 4.78 is 27.5. The van der Waals surface area contributed by atoms with Crippen LogP contribution >= 0.6 is 12.2 Å². The van der Waals surface area contributed by atoms with Gasteiger partial charge in [0.05, 0.1) is 16.6 Å². The van der Waals surface area contributed by atoms with Gasteiger partial charge in [0.1, 0.15) is 0 Å². The number of aliphatic imine (C=N–C) groups is 1. The Morgan fingerprint density at radius 1 is 1.45 bits per heavy atom. The Morgan fingerprint density at radius 3 is 2.75 bits per heavy atom. The molecule has 1 fully saturated rings. The van der Waals surface area contributed by atoms with E-state index in [2.05, 4.69) is 32.4 Å². The van der Waals surface area contributed by atoms with Gasteiger partial charge >= 0.3 is 0 Å². The summed E-state index contributed by atoms with van der Waals surface area (Å²) in [4.78, 5) is 6.05. The van der Waals surface area contributed by atoms with Crippen molar-refractivity contribution in [2.75, 3.05) is 26.7 Å². The third-order valence-corrected chi connectivity index (χ3v) is 4.79. The molecule has 2 rings (SSSR count). The van der Waals surface area contributed by atoms with E-state index in [1.807, 2.05) is 4.90 Å². The number of nitrogens with one attached hydrogen (secondary N) is 2. The Hall–Kier alpha value is -1.15. The molecule has 6 nitrogen and oxygen atoms in total. The van der Waals surface area contributed by atoms with E-state index < -0.39 is 15.8 Å². The van der Waals surface area contributed by atoms with Crippen LogP contribution in [0.4, 0.5) is 0 Å². The van der Waals surface area contributed by atoms with Crippen molar-refractivity contribution in [2.45, 2.75) is 10.7 Å². The van der Waals surface area contributed by atoms with Crippen LogP contribution in [0, 0.1) is 0 Å². The first kappa shape index (κ1) is 15.2. The number of rotatable bonds is 4. The van der Waals surface area contributed by atoms with Crippen LogP contribution in [0.3, 0.4) is 0 Å². The van der Waals surface area contributed by atoms with E-state index in [0.717, 1.165) is 6.54 Å². The summed E-state index contributed by atoms with van der Waals surface area (Å²) in [6.45, 7) is 1.75. The molecule has 1 aromatic rings. The zero-order valence-electron chi connectivity index (χ0n) is 11.0. The Kier molecular flexibility index (Phi) is 4.64. The van der Waals surface area contributed by atoms with Gasteiger partial charge in [0.25, 0.3) is 0 Å². The van der Waals surface area contributed by atoms with Crippen molar-refractivity contribution in [1.29, 1.82) is 0 Å². The minimum atomic E-state index is -3.69. The summed E-state index contributed by atoms with van der Waals surface area (Å²) in [6, 6.07) is 8.18. The predicted molar refractivity (Wildman–Crippen MR) is 80.0 cm³/mol. The molecule has 0 radical (unpaired) electrons. The largest absolute Gasteiger partial charge is 0.310 e. The number of benzene rings is 1. The van der Waals surface area contributed by atoms with E-state index in [9.17, 15) is 8.42 Å². The second kappa shape index (κ2) is 6.09. The smallest absolute Gasteiger partial charge is 0.243 e. The van der Waals surface area contributed by atoms with E-state index in [1.54, 1.807) is 25.2 Å². The van der Waals surface area contributed by atoms with Crippen molar-refractivity contribution in [3.8, 4) is 0 Å². The Labute approximate surface area is 123 Å². The van der Waals surface area contributed by atoms with E-state index in [4.69, 9.17) is 0 Å². The molecule has 0 spiro atoms. The van der Waals surface area contributed by atoms with Gasteiger partial charge in [0.15, 0.2) is 0 Å². The third kappa shape index (κ3) is 3.12. The number of hydrogen-bond acceptors (Lipinski definition) is 6. The fourth-order valence-electron chi connectivity index (χ4n) is 2.04. The zero-order valence-corrected chi connectivity index (χ0v) is 12.7. The van der Waals surface area contributed by atoms with Crippen molar-refractivity contribution < 1.29 is 8.42 Å². The van der Waals surface area contributed by atoms with E-state index in [0.29, 0.717) is 13.1 Å². The van der Waals surface area contributed by atoms with Gasteiger partial charge in [-0.3, -0.25) is 4.90 Å². The lowest BCUT2D eigenvalue weighted by atomic mass is 10.2. The number of thiocarbonyl (C=S) groups is 1. The fraction of sp³-hybridized carbons (Fsp3) is 0.417. The summed E-state index contributed by atoms with van der Waals surface area (Å²) >= 11 is 4.66. The molecule has 8 heteroatoms. The van der Waals surface area contributed by atoms with Crippen LogP contribution in [-0.2, 0) is 10.0 Å². The SMILES string of the molecule is CN1CCNCC1(N=C=S)NS(=O)(=O)c1ccccc1. The second-order valence-corrected chi connectivity index (χ2v) is 6.40. The minimum Gasteiger partial charge on any atom is -0.310 e. The number of piperazine rings is 1. The van der Waals surface area contributed by atoms with Crippen LogP contribution in [0.15, 0.2) is 40.2 Å². The molecule has 20 heavy (non-hydrogen) atoms. The molecule has 2 N–H and O–H groups in total. The molecular weight excluding hydrogens is 296 g/mol. The lowest BCUT2D eigenvalue weighted by Gasteiger charge is -2.41. The first-order valence-electron chi connectivity index (χ1n) is 6.10. The van der Waals surface area contributed by atoms with Gasteiger partial charge in [0.2, 0.25) is 15.8 Å². The van der Waals surface area contributed by atoms with Crippen molar-refractivity contribution in [3.05, 3.63) is 30.3 Å². The van der Waals surface area contributed by atoms with Gasteiger partial charge in [-0.1, -0.05) is 18.2 Å². The second-order valence-electron chi connectivity index (χ2n) is 4.54. The van der Waals surface area contributed by atoms with E-state index in [-0.39, 0.29) is 4.90 Å². The number of hydrogen-bond donors (Lipinski definition) is 2. The molecule has 1 saturated heterocycles. The maximum Gasteiger partial charge on any atom is 0.243 e. The molecule has 0 aliphatic carbocycles. The summed E-state index contributed by atoms with van der Waals surface area (Å²) in [5.41, 5.74) is 0. The first-order valence-corrected chi connectivity index (χ1v) is 7.99. The summed E-state index contributed by atoms with van der Waals surface area (Å²) in [7, 11) is -1.89. The quantitative estimate of drug-likeness (QED) is 0.616. The molecule has 108 valence electrons. The minimum absolute atomic E-state index is 0.193. The normalized spacial score (nSPS) is 24.1. The molecule has 0 saturated carbocycles. The Bertz CT molecular complexity index is 614. The highest BCUT2D eigenvalue weighted by molar-refractivity contribution is 7.89. The van der Waals surface area contributed by atoms with Crippen molar-refractivity contribution in [1.82, 2.24) is 14.9 Å². The van der Waals surface area contributed by atoms with Gasteiger partial charge in [-0.15, -0.1) is 0 Å². The van der Waals surface area contributed by atoms with E-state index >= 15 is 0 Å². The lowest BCUT2D eigenvalue weighted by molar-refractivity contribution is 0.0859. The molecule has 0 amide bonds. The zero-order chi connectivity index (χ0) is 14.6.